The summed E-state index contributed by atoms with van der Waals surface area (Å²) in [5.74, 6) is -0.925. The number of carbonyl (C=O) groups excluding carboxylic acids is 2. The van der Waals surface area contributed by atoms with E-state index in [0.29, 0.717) is 24.2 Å². The molecule has 2 amide bonds. The van der Waals surface area contributed by atoms with E-state index < -0.39 is 22.2 Å². The number of hydrogen-bond donors (Lipinski definition) is 4. The maximum Gasteiger partial charge on any atom is 0.412 e. The number of amides is 2. The molecule has 0 saturated heterocycles. The number of aliphatic carboxylic acids is 1. The molecule has 1 heterocycles. The SMILES string of the molecule is CNC(=O)c1ccc[n+](COC(=O)NC[C@H](CC(=O)O)CC(C)C)c1.CS(=O)(=O)O. The van der Waals surface area contributed by atoms with Crippen LogP contribution in [0, 0.1) is 11.8 Å². The summed E-state index contributed by atoms with van der Waals surface area (Å²) in [7, 11) is -2.13. The zero-order valence-electron chi connectivity index (χ0n) is 17.5. The van der Waals surface area contributed by atoms with Crippen molar-refractivity contribution in [3.05, 3.63) is 30.1 Å². The molecule has 0 aliphatic heterocycles. The van der Waals surface area contributed by atoms with E-state index in [0.717, 1.165) is 0 Å². The first-order valence-electron chi connectivity index (χ1n) is 9.07. The van der Waals surface area contributed by atoms with Crippen molar-refractivity contribution in [1.29, 1.82) is 0 Å². The number of carboxylic acid groups (broad SMARTS) is 1. The Kier molecular flexibility index (Phi) is 12.3. The lowest BCUT2D eigenvalue weighted by Gasteiger charge is -2.17. The fourth-order valence-corrected chi connectivity index (χ4v) is 2.45. The zero-order chi connectivity index (χ0) is 23.3. The van der Waals surface area contributed by atoms with Gasteiger partial charge in [-0.2, -0.15) is 13.0 Å². The van der Waals surface area contributed by atoms with Crippen LogP contribution < -0.4 is 15.2 Å². The third-order valence-corrected chi connectivity index (χ3v) is 3.50. The summed E-state index contributed by atoms with van der Waals surface area (Å²) in [6.07, 6.45) is 4.03. The van der Waals surface area contributed by atoms with Gasteiger partial charge in [0.25, 0.3) is 22.8 Å². The van der Waals surface area contributed by atoms with Crippen molar-refractivity contribution >= 4 is 28.1 Å². The van der Waals surface area contributed by atoms with Crippen molar-refractivity contribution in [3.63, 3.8) is 0 Å². The van der Waals surface area contributed by atoms with Crippen molar-refractivity contribution in [2.45, 2.75) is 33.4 Å². The number of carbonyl (C=O) groups is 3. The Balaban J connectivity index is 0.00000150. The Hall–Kier alpha value is -2.73. The number of aromatic nitrogens is 1. The number of nitrogens with one attached hydrogen (secondary N) is 2. The molecular weight excluding hydrogens is 418 g/mol. The molecule has 1 aromatic heterocycles. The predicted molar refractivity (Wildman–Crippen MR) is 107 cm³/mol. The van der Waals surface area contributed by atoms with E-state index in [1.165, 1.54) is 7.05 Å². The van der Waals surface area contributed by atoms with Gasteiger partial charge in [-0.15, -0.1) is 0 Å². The molecule has 0 spiro atoms. The van der Waals surface area contributed by atoms with Gasteiger partial charge in [-0.3, -0.25) is 14.1 Å². The van der Waals surface area contributed by atoms with E-state index in [1.54, 1.807) is 29.1 Å². The molecule has 0 bridgehead atoms. The highest BCUT2D eigenvalue weighted by atomic mass is 32.2. The molecule has 11 nitrogen and oxygen atoms in total. The fourth-order valence-electron chi connectivity index (χ4n) is 2.45. The van der Waals surface area contributed by atoms with Crippen molar-refractivity contribution in [2.24, 2.45) is 11.8 Å². The molecule has 30 heavy (non-hydrogen) atoms. The van der Waals surface area contributed by atoms with Crippen LogP contribution in [0.3, 0.4) is 0 Å². The van der Waals surface area contributed by atoms with E-state index in [2.05, 4.69) is 10.6 Å². The average molecular weight is 449 g/mol. The van der Waals surface area contributed by atoms with E-state index >= 15 is 0 Å². The largest absolute Gasteiger partial charge is 0.481 e. The molecule has 1 rings (SSSR count). The van der Waals surface area contributed by atoms with Gasteiger partial charge in [-0.1, -0.05) is 13.8 Å². The molecule has 0 aliphatic rings. The molecule has 170 valence electrons. The summed E-state index contributed by atoms with van der Waals surface area (Å²) >= 11 is 0. The molecule has 0 fully saturated rings. The minimum Gasteiger partial charge on any atom is -0.481 e. The first-order valence-corrected chi connectivity index (χ1v) is 10.9. The van der Waals surface area contributed by atoms with E-state index in [4.69, 9.17) is 14.4 Å². The molecule has 1 atom stereocenters. The molecule has 0 aliphatic carbocycles. The van der Waals surface area contributed by atoms with Gasteiger partial charge in [0.2, 0.25) is 0 Å². The molecule has 12 heteroatoms. The number of ether oxygens (including phenoxy) is 1. The number of rotatable bonds is 9. The smallest absolute Gasteiger partial charge is 0.412 e. The van der Waals surface area contributed by atoms with Crippen LogP contribution in [-0.4, -0.2) is 55.9 Å². The van der Waals surface area contributed by atoms with Gasteiger partial charge in [-0.25, -0.2) is 4.79 Å². The van der Waals surface area contributed by atoms with Gasteiger partial charge in [0.1, 0.15) is 5.56 Å². The Morgan fingerprint density at radius 1 is 1.27 bits per heavy atom. The van der Waals surface area contributed by atoms with Gasteiger partial charge in [0.15, 0.2) is 12.4 Å². The summed E-state index contributed by atoms with van der Waals surface area (Å²) < 4.78 is 32.5. The summed E-state index contributed by atoms with van der Waals surface area (Å²) in [4.78, 5) is 34.2. The summed E-state index contributed by atoms with van der Waals surface area (Å²) in [6.45, 7) is 4.20. The predicted octanol–water partition coefficient (Wildman–Crippen LogP) is 0.658. The van der Waals surface area contributed by atoms with E-state index in [9.17, 15) is 22.8 Å². The quantitative estimate of drug-likeness (QED) is 0.316. The monoisotopic (exact) mass is 448 g/mol. The lowest BCUT2D eigenvalue weighted by atomic mass is 9.94. The number of pyridine rings is 1. The standard InChI is InChI=1S/C17H25N3O5.CH4O3S/c1-12(2)7-13(8-15(21)22)9-19-17(24)25-11-20-6-4-5-14(10-20)16(23)18-3;1-5(2,3)4/h4-6,10,12-13H,7-9,11H2,1-3H3,(H2-,18,19,21,22,23,24);1H3,(H,2,3,4)/p+1/t13-;/m0./s1. The maximum atomic E-state index is 11.8. The Labute approximate surface area is 176 Å². The van der Waals surface area contributed by atoms with Crippen LogP contribution in [0.4, 0.5) is 4.79 Å². The van der Waals surface area contributed by atoms with Crippen LogP contribution in [0.2, 0.25) is 0 Å². The van der Waals surface area contributed by atoms with Crippen molar-refractivity contribution < 1.29 is 41.8 Å². The Morgan fingerprint density at radius 3 is 2.37 bits per heavy atom. The summed E-state index contributed by atoms with van der Waals surface area (Å²) in [6, 6.07) is 3.33. The highest BCUT2D eigenvalue weighted by molar-refractivity contribution is 7.85. The average Bonchev–Trinajstić information content (AvgIpc) is 2.61. The molecule has 4 N–H and O–H groups in total. The number of nitrogens with zero attached hydrogens (tertiary/aromatic N) is 1. The van der Waals surface area contributed by atoms with Crippen LogP contribution in [0.25, 0.3) is 0 Å². The Bertz CT molecular complexity index is 803. The zero-order valence-corrected chi connectivity index (χ0v) is 18.3. The second kappa shape index (κ2) is 13.5. The summed E-state index contributed by atoms with van der Waals surface area (Å²) in [5.41, 5.74) is 0.451. The van der Waals surface area contributed by atoms with Gasteiger partial charge in [0.05, 0.1) is 6.26 Å². The topological polar surface area (TPSA) is 163 Å². The van der Waals surface area contributed by atoms with Crippen LogP contribution in [0.5, 0.6) is 0 Å². The van der Waals surface area contributed by atoms with Crippen molar-refractivity contribution in [1.82, 2.24) is 10.6 Å². The second-order valence-electron chi connectivity index (χ2n) is 6.95. The molecule has 0 saturated carbocycles. The first-order chi connectivity index (χ1) is 13.8. The van der Waals surface area contributed by atoms with Gasteiger partial charge in [-0.05, 0) is 24.3 Å². The highest BCUT2D eigenvalue weighted by Crippen LogP contribution is 2.14. The van der Waals surface area contributed by atoms with Gasteiger partial charge >= 0.3 is 12.1 Å². The number of hydrogen-bond acceptors (Lipinski definition) is 6. The van der Waals surface area contributed by atoms with E-state index in [1.807, 2.05) is 13.8 Å². The molecule has 0 aromatic carbocycles. The number of carboxylic acids is 1. The van der Waals surface area contributed by atoms with Crippen LogP contribution in [0.1, 0.15) is 37.0 Å². The minimum absolute atomic E-state index is 0.00137. The number of alkyl carbamates (subject to hydrolysis) is 1. The highest BCUT2D eigenvalue weighted by Gasteiger charge is 2.17. The summed E-state index contributed by atoms with van der Waals surface area (Å²) in [5, 5.41) is 14.0. The molecule has 1 aromatic rings. The van der Waals surface area contributed by atoms with Crippen LogP contribution >= 0.6 is 0 Å². The van der Waals surface area contributed by atoms with Gasteiger partial charge in [0, 0.05) is 26.1 Å². The lowest BCUT2D eigenvalue weighted by molar-refractivity contribution is -0.727. The molecular formula is C18H30N3O8S+. The first kappa shape index (κ1) is 27.3. The maximum absolute atomic E-state index is 11.8. The fraction of sp³-hybridized carbons (Fsp3) is 0.556. The van der Waals surface area contributed by atoms with Gasteiger partial charge < -0.3 is 20.5 Å². The van der Waals surface area contributed by atoms with Crippen LogP contribution in [0.15, 0.2) is 24.5 Å². The Morgan fingerprint density at radius 2 is 1.87 bits per heavy atom. The van der Waals surface area contributed by atoms with E-state index in [-0.39, 0.29) is 31.5 Å². The minimum atomic E-state index is -3.67. The third-order valence-electron chi connectivity index (χ3n) is 3.50. The van der Waals surface area contributed by atoms with Crippen molar-refractivity contribution in [2.75, 3.05) is 19.8 Å². The lowest BCUT2D eigenvalue weighted by Crippen LogP contribution is -2.40. The molecule has 0 radical (unpaired) electrons. The van der Waals surface area contributed by atoms with Crippen LogP contribution in [-0.2, 0) is 26.4 Å². The second-order valence-corrected chi connectivity index (χ2v) is 8.42. The van der Waals surface area contributed by atoms with Crippen molar-refractivity contribution in [3.8, 4) is 0 Å². The normalized spacial score (nSPS) is 11.7. The third kappa shape index (κ3) is 15.2. The molecule has 0 unspecified atom stereocenters.